The molecular formula is C16H14N4O3S2. The first kappa shape index (κ1) is 17.3. The second kappa shape index (κ2) is 7.14. The van der Waals surface area contributed by atoms with E-state index in [2.05, 4.69) is 16.3 Å². The van der Waals surface area contributed by atoms with E-state index < -0.39 is 4.92 Å². The van der Waals surface area contributed by atoms with E-state index in [0.717, 1.165) is 41.3 Å². The van der Waals surface area contributed by atoms with Crippen LogP contribution < -0.4 is 5.32 Å². The number of nitrogens with zero attached hydrogens (tertiary/aromatic N) is 3. The van der Waals surface area contributed by atoms with Crippen LogP contribution in [-0.4, -0.2) is 29.3 Å². The van der Waals surface area contributed by atoms with Gasteiger partial charge in [-0.25, -0.2) is 0 Å². The predicted molar refractivity (Wildman–Crippen MR) is 97.7 cm³/mol. The molecule has 1 aliphatic rings. The van der Waals surface area contributed by atoms with Crippen LogP contribution in [0.3, 0.4) is 0 Å². The number of likely N-dealkylation sites (N-methyl/N-ethyl adjacent to an activating group) is 1. The van der Waals surface area contributed by atoms with Gasteiger partial charge < -0.3 is 10.2 Å². The Morgan fingerprint density at radius 1 is 1.48 bits per heavy atom. The summed E-state index contributed by atoms with van der Waals surface area (Å²) >= 11 is 2.43. The minimum Gasteiger partial charge on any atom is -0.313 e. The highest BCUT2D eigenvalue weighted by Crippen LogP contribution is 2.36. The summed E-state index contributed by atoms with van der Waals surface area (Å²) in [5, 5.41) is 23.4. The first-order valence-electron chi connectivity index (χ1n) is 7.44. The quantitative estimate of drug-likeness (QED) is 0.503. The lowest BCUT2D eigenvalue weighted by Crippen LogP contribution is -2.25. The molecule has 3 heterocycles. The Morgan fingerprint density at radius 2 is 2.28 bits per heavy atom. The summed E-state index contributed by atoms with van der Waals surface area (Å²) in [6, 6.07) is 5.19. The fraction of sp³-hybridized carbons (Fsp3) is 0.250. The molecule has 7 nitrogen and oxygen atoms in total. The second-order valence-corrected chi connectivity index (χ2v) is 7.76. The molecule has 3 rings (SSSR count). The number of fused-ring (bicyclic) bond motifs is 1. The van der Waals surface area contributed by atoms with Crippen LogP contribution in [0.15, 0.2) is 18.2 Å². The SMILES string of the molecule is CN1CCc2c(sc(NC(=O)/C=C/c3ccc([N+](=O)[O-])s3)c2C#N)C1. The van der Waals surface area contributed by atoms with Gasteiger partial charge in [0.1, 0.15) is 11.1 Å². The molecule has 0 aromatic carbocycles. The average molecular weight is 374 g/mol. The Morgan fingerprint density at radius 3 is 2.96 bits per heavy atom. The zero-order valence-corrected chi connectivity index (χ0v) is 14.9. The number of anilines is 1. The Labute approximate surface area is 152 Å². The minimum absolute atomic E-state index is 0.0295. The monoisotopic (exact) mass is 374 g/mol. The van der Waals surface area contributed by atoms with Crippen molar-refractivity contribution in [3.8, 4) is 6.07 Å². The summed E-state index contributed by atoms with van der Waals surface area (Å²) in [7, 11) is 2.02. The van der Waals surface area contributed by atoms with Crippen molar-refractivity contribution < 1.29 is 9.72 Å². The molecule has 0 unspecified atom stereocenters. The Kier molecular flexibility index (Phi) is 4.94. The van der Waals surface area contributed by atoms with Crippen LogP contribution in [0.2, 0.25) is 0 Å². The lowest BCUT2D eigenvalue weighted by molar-refractivity contribution is -0.380. The molecule has 0 radical (unpaired) electrons. The Bertz CT molecular complexity index is 907. The second-order valence-electron chi connectivity index (χ2n) is 5.56. The van der Waals surface area contributed by atoms with Gasteiger partial charge in [-0.3, -0.25) is 14.9 Å². The number of hydrogen-bond acceptors (Lipinski definition) is 7. The van der Waals surface area contributed by atoms with Crippen molar-refractivity contribution >= 4 is 44.7 Å². The largest absolute Gasteiger partial charge is 0.324 e. The number of nitriles is 1. The topological polar surface area (TPSA) is 99.3 Å². The maximum absolute atomic E-state index is 12.1. The number of amides is 1. The van der Waals surface area contributed by atoms with Gasteiger partial charge in [0.15, 0.2) is 0 Å². The molecule has 0 saturated carbocycles. The van der Waals surface area contributed by atoms with Gasteiger partial charge in [0.05, 0.1) is 10.5 Å². The summed E-state index contributed by atoms with van der Waals surface area (Å²) in [6.45, 7) is 1.67. The molecule has 25 heavy (non-hydrogen) atoms. The maximum atomic E-state index is 12.1. The van der Waals surface area contributed by atoms with Crippen LogP contribution in [0.25, 0.3) is 6.08 Å². The van der Waals surface area contributed by atoms with E-state index >= 15 is 0 Å². The molecule has 0 bridgehead atoms. The molecule has 1 aliphatic heterocycles. The first-order valence-corrected chi connectivity index (χ1v) is 9.07. The average Bonchev–Trinajstić information content (AvgIpc) is 3.16. The van der Waals surface area contributed by atoms with Crippen LogP contribution in [0.5, 0.6) is 0 Å². The molecule has 1 N–H and O–H groups in total. The first-order chi connectivity index (χ1) is 12.0. The number of carbonyl (C=O) groups is 1. The highest BCUT2D eigenvalue weighted by Gasteiger charge is 2.23. The molecule has 1 amide bonds. The summed E-state index contributed by atoms with van der Waals surface area (Å²) in [5.41, 5.74) is 1.57. The lowest BCUT2D eigenvalue weighted by Gasteiger charge is -2.21. The molecule has 9 heteroatoms. The van der Waals surface area contributed by atoms with Gasteiger partial charge in [-0.2, -0.15) is 5.26 Å². The third-order valence-corrected chi connectivity index (χ3v) is 5.92. The van der Waals surface area contributed by atoms with Crippen molar-refractivity contribution in [2.75, 3.05) is 18.9 Å². The summed E-state index contributed by atoms with van der Waals surface area (Å²) < 4.78 is 0. The van der Waals surface area contributed by atoms with Crippen molar-refractivity contribution in [1.82, 2.24) is 4.90 Å². The summed E-state index contributed by atoms with van der Waals surface area (Å²) in [5.74, 6) is -0.362. The van der Waals surface area contributed by atoms with E-state index in [-0.39, 0.29) is 10.9 Å². The van der Waals surface area contributed by atoms with Crippen molar-refractivity contribution in [2.45, 2.75) is 13.0 Å². The standard InChI is InChI=1S/C16H14N4O3S2/c1-19-7-6-11-12(8-17)16(25-13(11)9-19)18-14(21)4-2-10-3-5-15(24-10)20(22)23/h2-5H,6-7,9H2,1H3,(H,18,21)/b4-2+. The van der Waals surface area contributed by atoms with E-state index in [1.54, 1.807) is 6.07 Å². The summed E-state index contributed by atoms with van der Waals surface area (Å²) in [6.07, 6.45) is 3.65. The van der Waals surface area contributed by atoms with Gasteiger partial charge in [0.2, 0.25) is 5.91 Å². The van der Waals surface area contributed by atoms with E-state index in [1.165, 1.54) is 29.6 Å². The number of thiophene rings is 2. The van der Waals surface area contributed by atoms with Crippen LogP contribution in [0, 0.1) is 21.4 Å². The Hall–Kier alpha value is -2.54. The molecule has 0 aliphatic carbocycles. The fourth-order valence-electron chi connectivity index (χ4n) is 2.58. The van der Waals surface area contributed by atoms with Gasteiger partial charge in [0.25, 0.3) is 0 Å². The fourth-order valence-corrected chi connectivity index (χ4v) is 4.58. The number of nitrogens with one attached hydrogen (secondary N) is 1. The molecule has 2 aromatic heterocycles. The van der Waals surface area contributed by atoms with E-state index in [9.17, 15) is 20.2 Å². The van der Waals surface area contributed by atoms with E-state index in [4.69, 9.17) is 0 Å². The van der Waals surface area contributed by atoms with Crippen molar-refractivity contribution in [2.24, 2.45) is 0 Å². The molecule has 2 aromatic rings. The molecule has 0 saturated heterocycles. The lowest BCUT2D eigenvalue weighted by atomic mass is 10.0. The highest BCUT2D eigenvalue weighted by atomic mass is 32.1. The van der Waals surface area contributed by atoms with E-state index in [1.807, 2.05) is 7.05 Å². The zero-order chi connectivity index (χ0) is 18.0. The van der Waals surface area contributed by atoms with Gasteiger partial charge in [0, 0.05) is 35.0 Å². The number of hydrogen-bond donors (Lipinski definition) is 1. The zero-order valence-electron chi connectivity index (χ0n) is 13.3. The van der Waals surface area contributed by atoms with Gasteiger partial charge in [-0.15, -0.1) is 11.3 Å². The molecule has 0 spiro atoms. The number of nitro groups is 1. The van der Waals surface area contributed by atoms with Crippen LogP contribution in [0.1, 0.15) is 20.9 Å². The van der Waals surface area contributed by atoms with Gasteiger partial charge in [-0.05, 0) is 31.2 Å². The third-order valence-electron chi connectivity index (χ3n) is 3.79. The van der Waals surface area contributed by atoms with Gasteiger partial charge in [-0.1, -0.05) is 11.3 Å². The number of rotatable bonds is 4. The molecule has 0 atom stereocenters. The number of carbonyl (C=O) groups excluding carboxylic acids is 1. The predicted octanol–water partition coefficient (Wildman–Crippen LogP) is 3.23. The van der Waals surface area contributed by atoms with Crippen molar-refractivity contribution in [3.63, 3.8) is 0 Å². The smallest absolute Gasteiger partial charge is 0.313 e. The van der Waals surface area contributed by atoms with Crippen LogP contribution in [-0.2, 0) is 17.8 Å². The highest BCUT2D eigenvalue weighted by molar-refractivity contribution is 7.17. The Balaban J connectivity index is 1.73. The van der Waals surface area contributed by atoms with Crippen molar-refractivity contribution in [3.05, 3.63) is 49.2 Å². The van der Waals surface area contributed by atoms with Crippen LogP contribution in [0.4, 0.5) is 10.0 Å². The summed E-state index contributed by atoms with van der Waals surface area (Å²) in [4.78, 5) is 26.2. The van der Waals surface area contributed by atoms with Gasteiger partial charge >= 0.3 is 5.00 Å². The third kappa shape index (κ3) is 3.76. The van der Waals surface area contributed by atoms with E-state index in [0.29, 0.717) is 15.4 Å². The maximum Gasteiger partial charge on any atom is 0.324 e. The molecular weight excluding hydrogens is 360 g/mol. The molecule has 0 fully saturated rings. The minimum atomic E-state index is -0.464. The molecule has 128 valence electrons. The normalized spacial score (nSPS) is 14.2. The van der Waals surface area contributed by atoms with Crippen LogP contribution >= 0.6 is 22.7 Å². The van der Waals surface area contributed by atoms with Crippen molar-refractivity contribution in [1.29, 1.82) is 5.26 Å².